The third kappa shape index (κ3) is 4.28. The lowest BCUT2D eigenvalue weighted by atomic mass is 9.95. The number of aromatic hydroxyl groups is 2. The van der Waals surface area contributed by atoms with Crippen molar-refractivity contribution in [1.29, 1.82) is 0 Å². The number of rotatable bonds is 4. The number of anilines is 2. The number of carbonyl (C=O) groups excluding carboxylic acids is 1. The van der Waals surface area contributed by atoms with Gasteiger partial charge in [0.05, 0.1) is 16.9 Å². The van der Waals surface area contributed by atoms with Crippen LogP contribution in [0.2, 0.25) is 0 Å². The van der Waals surface area contributed by atoms with Gasteiger partial charge in [-0.2, -0.15) is 0 Å². The van der Waals surface area contributed by atoms with Crippen molar-refractivity contribution in [3.05, 3.63) is 90.5 Å². The number of phenolic OH excluding ortho intramolecular Hbond substituents is 2. The van der Waals surface area contributed by atoms with E-state index in [1.807, 2.05) is 12.1 Å². The minimum absolute atomic E-state index is 0.0542. The lowest BCUT2D eigenvalue weighted by Gasteiger charge is -2.12. The summed E-state index contributed by atoms with van der Waals surface area (Å²) in [6.45, 7) is 0. The van der Waals surface area contributed by atoms with Crippen LogP contribution in [0.1, 0.15) is 10.4 Å². The third-order valence-corrected chi connectivity index (χ3v) is 4.85. The van der Waals surface area contributed by atoms with E-state index in [0.29, 0.717) is 33.6 Å². The molecular formula is C25H20N2O4. The number of nitrogens with two attached hydrogens (primary N) is 2. The molecule has 0 saturated heterocycles. The fourth-order valence-corrected chi connectivity index (χ4v) is 3.18. The number of hydrogen-bond acceptors (Lipinski definition) is 6. The lowest BCUT2D eigenvalue weighted by Crippen LogP contribution is -2.09. The molecule has 0 spiro atoms. The highest BCUT2D eigenvalue weighted by Crippen LogP contribution is 2.34. The highest BCUT2D eigenvalue weighted by molar-refractivity contribution is 5.95. The van der Waals surface area contributed by atoms with Crippen molar-refractivity contribution in [2.24, 2.45) is 0 Å². The summed E-state index contributed by atoms with van der Waals surface area (Å²) in [5.41, 5.74) is 14.9. The summed E-state index contributed by atoms with van der Waals surface area (Å²) in [4.78, 5) is 12.9. The first-order valence-corrected chi connectivity index (χ1v) is 9.51. The van der Waals surface area contributed by atoms with Gasteiger partial charge in [0, 0.05) is 0 Å². The van der Waals surface area contributed by atoms with Crippen LogP contribution in [0.4, 0.5) is 11.4 Å². The Bertz CT molecular complexity index is 1200. The molecule has 0 aliphatic rings. The van der Waals surface area contributed by atoms with Crippen molar-refractivity contribution in [1.82, 2.24) is 0 Å². The average molecular weight is 412 g/mol. The topological polar surface area (TPSA) is 119 Å². The second-order valence-electron chi connectivity index (χ2n) is 7.05. The smallest absolute Gasteiger partial charge is 0.343 e. The summed E-state index contributed by atoms with van der Waals surface area (Å²) < 4.78 is 5.49. The Morgan fingerprint density at radius 1 is 0.645 bits per heavy atom. The Hall–Kier alpha value is -4.45. The lowest BCUT2D eigenvalue weighted by molar-refractivity contribution is 0.0735. The highest BCUT2D eigenvalue weighted by atomic mass is 16.5. The molecule has 0 aliphatic carbocycles. The van der Waals surface area contributed by atoms with E-state index in [-0.39, 0.29) is 22.9 Å². The molecule has 0 bridgehead atoms. The zero-order valence-electron chi connectivity index (χ0n) is 16.4. The molecule has 0 heterocycles. The standard InChI is InChI=1S/C25H20N2O4/c26-21-8-6-15(13-23(21)28)17-10-18(16-7-9-22(27)24(29)14-16)12-19(11-17)25(30)31-20-4-2-1-3-5-20/h1-14,28-29H,26-27H2. The fraction of sp³-hybridized carbons (Fsp3) is 0. The van der Waals surface area contributed by atoms with E-state index < -0.39 is 5.97 Å². The van der Waals surface area contributed by atoms with Gasteiger partial charge in [0.1, 0.15) is 17.2 Å². The monoisotopic (exact) mass is 412 g/mol. The molecule has 0 aromatic heterocycles. The number of para-hydroxylation sites is 1. The highest BCUT2D eigenvalue weighted by Gasteiger charge is 2.14. The third-order valence-electron chi connectivity index (χ3n) is 4.85. The minimum atomic E-state index is -0.534. The maximum absolute atomic E-state index is 12.9. The van der Waals surface area contributed by atoms with Crippen LogP contribution in [0.5, 0.6) is 17.2 Å². The zero-order valence-corrected chi connectivity index (χ0v) is 16.4. The molecule has 6 N–H and O–H groups in total. The number of benzene rings is 4. The molecule has 4 aromatic carbocycles. The van der Waals surface area contributed by atoms with Crippen LogP contribution >= 0.6 is 0 Å². The van der Waals surface area contributed by atoms with E-state index >= 15 is 0 Å². The van der Waals surface area contributed by atoms with Gasteiger partial charge in [-0.25, -0.2) is 4.79 Å². The van der Waals surface area contributed by atoms with E-state index in [0.717, 1.165) is 0 Å². The van der Waals surface area contributed by atoms with Gasteiger partial charge in [0.15, 0.2) is 0 Å². The Labute approximate surface area is 179 Å². The second kappa shape index (κ2) is 8.12. The van der Waals surface area contributed by atoms with Crippen LogP contribution in [0.15, 0.2) is 84.9 Å². The van der Waals surface area contributed by atoms with Crippen LogP contribution in [0.3, 0.4) is 0 Å². The number of ether oxygens (including phenoxy) is 1. The van der Waals surface area contributed by atoms with Gasteiger partial charge >= 0.3 is 5.97 Å². The SMILES string of the molecule is Nc1ccc(-c2cc(C(=O)Oc3ccccc3)cc(-c3ccc(N)c(O)c3)c2)cc1O. The molecule has 0 radical (unpaired) electrons. The molecule has 0 aliphatic heterocycles. The summed E-state index contributed by atoms with van der Waals surface area (Å²) in [6.07, 6.45) is 0. The largest absolute Gasteiger partial charge is 0.506 e. The summed E-state index contributed by atoms with van der Waals surface area (Å²) in [5.74, 6) is -0.216. The van der Waals surface area contributed by atoms with E-state index in [4.69, 9.17) is 16.2 Å². The molecule has 31 heavy (non-hydrogen) atoms. The van der Waals surface area contributed by atoms with Crippen molar-refractivity contribution in [3.63, 3.8) is 0 Å². The molecule has 4 aromatic rings. The van der Waals surface area contributed by atoms with Crippen LogP contribution in [0, 0.1) is 0 Å². The first-order valence-electron chi connectivity index (χ1n) is 9.51. The van der Waals surface area contributed by atoms with E-state index in [1.54, 1.807) is 60.7 Å². The van der Waals surface area contributed by atoms with E-state index in [1.165, 1.54) is 12.1 Å². The van der Waals surface area contributed by atoms with Gasteiger partial charge in [-0.3, -0.25) is 0 Å². The number of carbonyl (C=O) groups is 1. The summed E-state index contributed by atoms with van der Waals surface area (Å²) in [7, 11) is 0. The number of nitrogen functional groups attached to an aromatic ring is 2. The Morgan fingerprint density at radius 3 is 1.65 bits per heavy atom. The predicted octanol–water partition coefficient (Wildman–Crippen LogP) is 4.82. The molecular weight excluding hydrogens is 392 g/mol. The van der Waals surface area contributed by atoms with E-state index in [2.05, 4.69) is 0 Å². The van der Waals surface area contributed by atoms with Crippen LogP contribution in [0.25, 0.3) is 22.3 Å². The maximum Gasteiger partial charge on any atom is 0.343 e. The molecule has 0 saturated carbocycles. The fourth-order valence-electron chi connectivity index (χ4n) is 3.18. The van der Waals surface area contributed by atoms with Crippen molar-refractivity contribution in [2.75, 3.05) is 11.5 Å². The second-order valence-corrected chi connectivity index (χ2v) is 7.05. The molecule has 154 valence electrons. The first kappa shape index (κ1) is 19.8. The van der Waals surface area contributed by atoms with Crippen LogP contribution in [-0.4, -0.2) is 16.2 Å². The summed E-state index contributed by atoms with van der Waals surface area (Å²) in [5, 5.41) is 20.0. The maximum atomic E-state index is 12.9. The molecule has 0 amide bonds. The number of phenols is 2. The summed E-state index contributed by atoms with van der Waals surface area (Å²) in [6, 6.07) is 23.7. The molecule has 0 atom stereocenters. The molecule has 4 rings (SSSR count). The molecule has 0 unspecified atom stereocenters. The van der Waals surface area contributed by atoms with Gasteiger partial charge in [0.2, 0.25) is 0 Å². The normalized spacial score (nSPS) is 10.6. The van der Waals surface area contributed by atoms with Crippen molar-refractivity contribution in [3.8, 4) is 39.5 Å². The van der Waals surface area contributed by atoms with Crippen molar-refractivity contribution >= 4 is 17.3 Å². The minimum Gasteiger partial charge on any atom is -0.506 e. The van der Waals surface area contributed by atoms with Crippen LogP contribution < -0.4 is 16.2 Å². The first-order chi connectivity index (χ1) is 14.9. The van der Waals surface area contributed by atoms with Crippen molar-refractivity contribution < 1.29 is 19.7 Å². The quantitative estimate of drug-likeness (QED) is 0.165. The predicted molar refractivity (Wildman–Crippen MR) is 121 cm³/mol. The van der Waals surface area contributed by atoms with Gasteiger partial charge in [-0.15, -0.1) is 0 Å². The molecule has 0 fully saturated rings. The zero-order chi connectivity index (χ0) is 22.0. The van der Waals surface area contributed by atoms with Crippen LogP contribution in [-0.2, 0) is 0 Å². The molecule has 6 nitrogen and oxygen atoms in total. The Balaban J connectivity index is 1.82. The Morgan fingerprint density at radius 2 is 1.16 bits per heavy atom. The van der Waals surface area contributed by atoms with Gasteiger partial charge in [-0.05, 0) is 76.9 Å². The van der Waals surface area contributed by atoms with Crippen molar-refractivity contribution in [2.45, 2.75) is 0 Å². The average Bonchev–Trinajstić information content (AvgIpc) is 2.78. The number of esters is 1. The van der Waals surface area contributed by atoms with Gasteiger partial charge in [0.25, 0.3) is 0 Å². The Kier molecular flexibility index (Phi) is 5.20. The number of hydrogen-bond donors (Lipinski definition) is 4. The molecule has 6 heteroatoms. The summed E-state index contributed by atoms with van der Waals surface area (Å²) >= 11 is 0. The van der Waals surface area contributed by atoms with Gasteiger partial charge < -0.3 is 26.4 Å². The van der Waals surface area contributed by atoms with E-state index in [9.17, 15) is 15.0 Å². The van der Waals surface area contributed by atoms with Gasteiger partial charge in [-0.1, -0.05) is 30.3 Å².